The SMILES string of the molecule is CS/C(=C(\N)c1ccc(Cl)cc1)[S+](C)[O-]. The van der Waals surface area contributed by atoms with Crippen molar-refractivity contribution in [2.24, 2.45) is 5.73 Å². The molecule has 0 spiro atoms. The first-order valence-electron chi connectivity index (χ1n) is 4.19. The Morgan fingerprint density at radius 1 is 1.40 bits per heavy atom. The Morgan fingerprint density at radius 3 is 2.33 bits per heavy atom. The van der Waals surface area contributed by atoms with Gasteiger partial charge in [-0.3, -0.25) is 0 Å². The molecule has 82 valence electrons. The van der Waals surface area contributed by atoms with E-state index in [-0.39, 0.29) is 0 Å². The zero-order chi connectivity index (χ0) is 11.4. The molecule has 0 aliphatic carbocycles. The Balaban J connectivity index is 3.10. The van der Waals surface area contributed by atoms with E-state index in [1.54, 1.807) is 18.4 Å². The monoisotopic (exact) mass is 261 g/mol. The predicted molar refractivity (Wildman–Crippen MR) is 70.1 cm³/mol. The van der Waals surface area contributed by atoms with Crippen molar-refractivity contribution in [2.45, 2.75) is 0 Å². The maximum atomic E-state index is 11.4. The molecule has 0 aliphatic heterocycles. The molecule has 0 fully saturated rings. The van der Waals surface area contributed by atoms with Gasteiger partial charge in [0, 0.05) is 10.6 Å². The minimum Gasteiger partial charge on any atom is -0.611 e. The van der Waals surface area contributed by atoms with Crippen molar-refractivity contribution in [1.29, 1.82) is 0 Å². The van der Waals surface area contributed by atoms with E-state index in [1.165, 1.54) is 11.8 Å². The zero-order valence-corrected chi connectivity index (χ0v) is 10.9. The molecule has 1 aromatic carbocycles. The summed E-state index contributed by atoms with van der Waals surface area (Å²) in [5.74, 6) is 0. The van der Waals surface area contributed by atoms with Crippen molar-refractivity contribution >= 4 is 40.2 Å². The highest BCUT2D eigenvalue weighted by molar-refractivity contribution is 8.18. The average molecular weight is 262 g/mol. The van der Waals surface area contributed by atoms with E-state index >= 15 is 0 Å². The Labute approximate surface area is 102 Å². The topological polar surface area (TPSA) is 49.1 Å². The fourth-order valence-corrected chi connectivity index (χ4v) is 2.96. The maximum absolute atomic E-state index is 11.4. The second-order valence-corrected chi connectivity index (χ2v) is 5.69. The van der Waals surface area contributed by atoms with Crippen LogP contribution in [0.15, 0.2) is 28.5 Å². The number of rotatable bonds is 3. The maximum Gasteiger partial charge on any atom is 0.209 e. The number of hydrogen-bond acceptors (Lipinski definition) is 3. The summed E-state index contributed by atoms with van der Waals surface area (Å²) < 4.78 is 12.1. The van der Waals surface area contributed by atoms with Crippen LogP contribution in [0, 0.1) is 0 Å². The van der Waals surface area contributed by atoms with Crippen LogP contribution in [-0.4, -0.2) is 17.1 Å². The van der Waals surface area contributed by atoms with E-state index in [0.29, 0.717) is 15.0 Å². The summed E-state index contributed by atoms with van der Waals surface area (Å²) in [6.45, 7) is 0. The third kappa shape index (κ3) is 3.34. The third-order valence-electron chi connectivity index (χ3n) is 1.82. The normalized spacial score (nSPS) is 14.7. The molecule has 1 atom stereocenters. The van der Waals surface area contributed by atoms with Gasteiger partial charge in [-0.05, 0) is 29.6 Å². The molecular formula is C10H12ClNOS2. The highest BCUT2D eigenvalue weighted by Gasteiger charge is 2.14. The first-order chi connectivity index (χ1) is 7.06. The number of benzene rings is 1. The summed E-state index contributed by atoms with van der Waals surface area (Å²) in [7, 11) is 0. The van der Waals surface area contributed by atoms with Crippen molar-refractivity contribution < 1.29 is 4.55 Å². The Bertz CT molecular complexity index is 362. The largest absolute Gasteiger partial charge is 0.611 e. The molecule has 0 aliphatic rings. The molecule has 1 aromatic rings. The van der Waals surface area contributed by atoms with Crippen LogP contribution in [0.1, 0.15) is 5.56 Å². The van der Waals surface area contributed by atoms with Gasteiger partial charge in [-0.15, -0.1) is 0 Å². The third-order valence-corrected chi connectivity index (χ3v) is 4.61. The molecule has 0 amide bonds. The number of thioether (sulfide) groups is 1. The average Bonchev–Trinajstić information content (AvgIpc) is 2.19. The lowest BCUT2D eigenvalue weighted by molar-refractivity contribution is 0.608. The fourth-order valence-electron chi connectivity index (χ4n) is 1.13. The van der Waals surface area contributed by atoms with Crippen molar-refractivity contribution in [2.75, 3.05) is 12.5 Å². The molecule has 0 bridgehead atoms. The molecule has 0 radical (unpaired) electrons. The minimum atomic E-state index is -1.05. The standard InChI is InChI=1S/C10H12ClNOS2/c1-14-10(15(2)13)9(12)7-3-5-8(11)6-4-7/h3-6H,12H2,1-2H3/b10-9+. The van der Waals surface area contributed by atoms with Crippen molar-refractivity contribution in [1.82, 2.24) is 0 Å². The second kappa shape index (κ2) is 5.70. The highest BCUT2D eigenvalue weighted by atomic mass is 35.5. The van der Waals surface area contributed by atoms with E-state index in [2.05, 4.69) is 0 Å². The minimum absolute atomic E-state index is 0.556. The molecule has 1 rings (SSSR count). The molecule has 2 N–H and O–H groups in total. The summed E-state index contributed by atoms with van der Waals surface area (Å²) in [6, 6.07) is 7.17. The molecule has 2 nitrogen and oxygen atoms in total. The van der Waals surface area contributed by atoms with Gasteiger partial charge in [-0.1, -0.05) is 35.5 Å². The first-order valence-corrected chi connectivity index (χ1v) is 7.35. The van der Waals surface area contributed by atoms with Crippen LogP contribution < -0.4 is 5.73 Å². The van der Waals surface area contributed by atoms with Gasteiger partial charge in [0.2, 0.25) is 4.24 Å². The first kappa shape index (κ1) is 12.8. The van der Waals surface area contributed by atoms with Gasteiger partial charge in [-0.25, -0.2) is 0 Å². The lowest BCUT2D eigenvalue weighted by Gasteiger charge is -2.10. The van der Waals surface area contributed by atoms with E-state index < -0.39 is 11.2 Å². The quantitative estimate of drug-likeness (QED) is 0.851. The van der Waals surface area contributed by atoms with Crippen molar-refractivity contribution in [3.63, 3.8) is 0 Å². The molecule has 0 heterocycles. The van der Waals surface area contributed by atoms with E-state index in [9.17, 15) is 4.55 Å². The van der Waals surface area contributed by atoms with Crippen LogP contribution in [0.4, 0.5) is 0 Å². The Kier molecular flexibility index (Phi) is 4.86. The summed E-state index contributed by atoms with van der Waals surface area (Å²) in [4.78, 5) is 0. The van der Waals surface area contributed by atoms with Gasteiger partial charge in [-0.2, -0.15) is 0 Å². The van der Waals surface area contributed by atoms with Crippen molar-refractivity contribution in [3.05, 3.63) is 39.1 Å². The highest BCUT2D eigenvalue weighted by Crippen LogP contribution is 2.26. The van der Waals surface area contributed by atoms with Crippen molar-refractivity contribution in [3.8, 4) is 0 Å². The van der Waals surface area contributed by atoms with E-state index in [0.717, 1.165) is 5.56 Å². The molecule has 0 saturated heterocycles. The van der Waals surface area contributed by atoms with E-state index in [1.807, 2.05) is 18.4 Å². The van der Waals surface area contributed by atoms with Gasteiger partial charge in [0.15, 0.2) is 0 Å². The number of hydrogen-bond donors (Lipinski definition) is 1. The molecule has 1 unspecified atom stereocenters. The molecule has 5 heteroatoms. The molecular weight excluding hydrogens is 250 g/mol. The lowest BCUT2D eigenvalue weighted by Crippen LogP contribution is -2.07. The van der Waals surface area contributed by atoms with Crippen LogP contribution in [0.25, 0.3) is 5.70 Å². The zero-order valence-electron chi connectivity index (χ0n) is 8.49. The van der Waals surface area contributed by atoms with E-state index in [4.69, 9.17) is 17.3 Å². The summed E-state index contributed by atoms with van der Waals surface area (Å²) in [6.07, 6.45) is 3.48. The van der Waals surface area contributed by atoms with Crippen LogP contribution in [-0.2, 0) is 11.2 Å². The van der Waals surface area contributed by atoms with Crippen LogP contribution in [0.3, 0.4) is 0 Å². The molecule has 0 saturated carbocycles. The molecule has 0 aromatic heterocycles. The molecule has 15 heavy (non-hydrogen) atoms. The van der Waals surface area contributed by atoms with Gasteiger partial charge in [0.25, 0.3) is 0 Å². The van der Waals surface area contributed by atoms with Gasteiger partial charge in [0.1, 0.15) is 12.0 Å². The van der Waals surface area contributed by atoms with Crippen LogP contribution in [0.5, 0.6) is 0 Å². The summed E-state index contributed by atoms with van der Waals surface area (Å²) in [5, 5.41) is 0.662. The number of nitrogens with two attached hydrogens (primary N) is 1. The second-order valence-electron chi connectivity index (χ2n) is 2.87. The summed E-state index contributed by atoms with van der Waals surface area (Å²) in [5.41, 5.74) is 7.33. The Morgan fingerprint density at radius 2 is 1.93 bits per heavy atom. The predicted octanol–water partition coefficient (Wildman–Crippen LogP) is 2.67. The van der Waals surface area contributed by atoms with Crippen LogP contribution in [0.2, 0.25) is 5.02 Å². The smallest absolute Gasteiger partial charge is 0.209 e. The summed E-state index contributed by atoms with van der Waals surface area (Å²) >= 11 is 6.12. The Hall–Kier alpha value is -0.290. The van der Waals surface area contributed by atoms with Gasteiger partial charge in [0.05, 0.1) is 0 Å². The van der Waals surface area contributed by atoms with Gasteiger partial charge >= 0.3 is 0 Å². The van der Waals surface area contributed by atoms with Gasteiger partial charge < -0.3 is 10.3 Å². The van der Waals surface area contributed by atoms with Crippen LogP contribution >= 0.6 is 23.4 Å². The lowest BCUT2D eigenvalue weighted by atomic mass is 10.2. The fraction of sp³-hybridized carbons (Fsp3) is 0.200. The number of halogens is 1.